The Hall–Kier alpha value is -4.42. The van der Waals surface area contributed by atoms with Gasteiger partial charge in [0.25, 0.3) is 0 Å². The zero-order valence-electron chi connectivity index (χ0n) is 37.7. The quantitative estimate of drug-likeness (QED) is 0.0946. The van der Waals surface area contributed by atoms with E-state index < -0.39 is 30.7 Å². The summed E-state index contributed by atoms with van der Waals surface area (Å²) in [5.74, 6) is 0. The highest BCUT2D eigenvalue weighted by molar-refractivity contribution is 7.97. The molecule has 70 heavy (non-hydrogen) atoms. The molecule has 12 nitrogen and oxygen atoms in total. The van der Waals surface area contributed by atoms with Crippen LogP contribution < -0.4 is 77.1 Å². The molecule has 0 aliphatic heterocycles. The second-order valence-corrected chi connectivity index (χ2v) is 24.2. The van der Waals surface area contributed by atoms with Crippen LogP contribution in [0.1, 0.15) is 22.3 Å². The highest BCUT2D eigenvalue weighted by atomic mass is 127. The molecule has 0 radical (unpaired) electrons. The largest absolute Gasteiger partial charge is 0.357 e. The summed E-state index contributed by atoms with van der Waals surface area (Å²) >= 11 is -0.281. The van der Waals surface area contributed by atoms with Gasteiger partial charge in [-0.15, -0.1) is 30.7 Å². The van der Waals surface area contributed by atoms with Gasteiger partial charge in [0.1, 0.15) is 0 Å². The van der Waals surface area contributed by atoms with Gasteiger partial charge in [0.2, 0.25) is 0 Å². The molecule has 364 valence electrons. The average Bonchev–Trinajstić information content (AvgIpc) is 3.28. The number of halogens is 4. The van der Waals surface area contributed by atoms with Gasteiger partial charge < -0.3 is 0 Å². The monoisotopic (exact) mass is 1160 g/mol. The summed E-state index contributed by atoms with van der Waals surface area (Å²) in [5, 5.41) is 0. The molecule has 0 aromatic heterocycles. The maximum absolute atomic E-state index is 8.49. The van der Waals surface area contributed by atoms with E-state index in [1.807, 2.05) is 0 Å². The lowest BCUT2D eigenvalue weighted by molar-refractivity contribution is -2.00. The first-order chi connectivity index (χ1) is 32.9. The normalized spacial score (nSPS) is 11.5. The molecule has 8 aromatic carbocycles. The molecule has 8 rings (SSSR count). The zero-order valence-corrected chi connectivity index (χ0v) is 43.8. The molecule has 0 unspecified atom stereocenters. The SMILES string of the molecule is Cc1ccccc1[S+](c1ccc(-c2ccc([I+]c3ccc(-c4ccc([S+](c5ccccc5C)c5ccccc5C)cc4)cc3)cc2)cc1)c1ccccc1C.[O-][Cl+3]([O-])([O-])[O-].[O-][Cl+3]([O-])([O-])[O-].[O-][Cl+3]([O-])([O-])[O-]. The lowest BCUT2D eigenvalue weighted by atomic mass is 10.1. The molecule has 0 saturated carbocycles. The molecule has 0 N–H and O–H groups in total. The van der Waals surface area contributed by atoms with Crippen LogP contribution in [0, 0.1) is 65.6 Å². The number of hydrogen-bond donors (Lipinski definition) is 0. The molecule has 0 saturated heterocycles. The Morgan fingerprint density at radius 2 is 0.457 bits per heavy atom. The van der Waals surface area contributed by atoms with Crippen LogP contribution in [0.5, 0.6) is 0 Å². The van der Waals surface area contributed by atoms with Crippen molar-refractivity contribution in [3.63, 3.8) is 0 Å². The minimum absolute atomic E-state index is 0.158. The van der Waals surface area contributed by atoms with E-state index in [4.69, 9.17) is 55.9 Å². The van der Waals surface area contributed by atoms with Crippen molar-refractivity contribution >= 4 is 21.8 Å². The molecule has 0 fully saturated rings. The molecule has 0 amide bonds. The predicted octanol–water partition coefficient (Wildman–Crippen LogP) is -3.69. The van der Waals surface area contributed by atoms with E-state index in [0.717, 1.165) is 0 Å². The van der Waals surface area contributed by atoms with Crippen molar-refractivity contribution in [1.82, 2.24) is 0 Å². The summed E-state index contributed by atoms with van der Waals surface area (Å²) < 4.78 is 105. The second-order valence-electron chi connectivity index (χ2n) is 15.0. The molecule has 18 heteroatoms. The minimum atomic E-state index is -4.94. The van der Waals surface area contributed by atoms with Crippen LogP contribution in [0.4, 0.5) is 0 Å². The maximum Gasteiger partial charge on any atom is 0.357 e. The lowest BCUT2D eigenvalue weighted by Gasteiger charge is -2.17. The summed E-state index contributed by atoms with van der Waals surface area (Å²) in [6.45, 7) is 8.92. The first-order valence-electron chi connectivity index (χ1n) is 20.5. The Balaban J connectivity index is 0.000000533. The minimum Gasteiger partial charge on any atom is -0.222 e. The van der Waals surface area contributed by atoms with Crippen molar-refractivity contribution in [1.29, 1.82) is 0 Å². The van der Waals surface area contributed by atoms with Crippen molar-refractivity contribution in [2.24, 2.45) is 0 Å². The van der Waals surface area contributed by atoms with Gasteiger partial charge in [-0.25, -0.2) is 55.9 Å². The highest BCUT2D eigenvalue weighted by Gasteiger charge is 2.33. The summed E-state index contributed by atoms with van der Waals surface area (Å²) in [7, 11) is -15.1. The Bertz CT molecular complexity index is 2580. The van der Waals surface area contributed by atoms with Crippen molar-refractivity contribution in [2.45, 2.75) is 57.1 Å². The van der Waals surface area contributed by atoms with Crippen LogP contribution in [0.15, 0.2) is 223 Å². The van der Waals surface area contributed by atoms with Gasteiger partial charge in [0.15, 0.2) is 36.5 Å². The van der Waals surface area contributed by atoms with Crippen molar-refractivity contribution in [3.8, 4) is 22.3 Å². The van der Waals surface area contributed by atoms with E-state index in [0.29, 0.717) is 0 Å². The third kappa shape index (κ3) is 18.6. The maximum atomic E-state index is 8.49. The van der Waals surface area contributed by atoms with E-state index in [9.17, 15) is 0 Å². The molecular formula is C52H44Cl3IO12S2. The summed E-state index contributed by atoms with van der Waals surface area (Å²) in [5.41, 5.74) is 10.4. The van der Waals surface area contributed by atoms with Crippen LogP contribution >= 0.6 is 0 Å². The number of hydrogen-bond acceptors (Lipinski definition) is 12. The van der Waals surface area contributed by atoms with Gasteiger partial charge in [-0.1, -0.05) is 72.8 Å². The fourth-order valence-corrected chi connectivity index (χ4v) is 13.9. The molecule has 0 atom stereocenters. The van der Waals surface area contributed by atoms with Crippen LogP contribution in [0.25, 0.3) is 22.3 Å². The van der Waals surface area contributed by atoms with Gasteiger partial charge in [-0.2, -0.15) is 0 Å². The molecule has 0 heterocycles. The van der Waals surface area contributed by atoms with E-state index in [2.05, 4.69) is 222 Å². The average molecular weight is 1160 g/mol. The third-order valence-electron chi connectivity index (χ3n) is 10.0. The summed E-state index contributed by atoms with van der Waals surface area (Å²) in [4.78, 5) is 8.27. The predicted molar refractivity (Wildman–Crippen MR) is 230 cm³/mol. The van der Waals surface area contributed by atoms with Crippen molar-refractivity contribution in [3.05, 3.63) is 224 Å². The second kappa shape index (κ2) is 25.8. The van der Waals surface area contributed by atoms with Crippen LogP contribution in [-0.2, 0) is 21.8 Å². The Kier molecular flexibility index (Phi) is 20.8. The molecular weight excluding hydrogens is 1110 g/mol. The Morgan fingerprint density at radius 3 is 0.657 bits per heavy atom. The molecule has 0 aliphatic carbocycles. The van der Waals surface area contributed by atoms with Gasteiger partial charge >= 0.3 is 21.2 Å². The molecule has 0 bridgehead atoms. The fraction of sp³-hybridized carbons (Fsp3) is 0.0769. The summed E-state index contributed by atoms with van der Waals surface area (Å²) in [6, 6.07) is 72.3. The van der Waals surface area contributed by atoms with Crippen LogP contribution in [0.2, 0.25) is 0 Å². The van der Waals surface area contributed by atoms with E-state index in [1.54, 1.807) is 0 Å². The Morgan fingerprint density at radius 1 is 0.271 bits per heavy atom. The highest BCUT2D eigenvalue weighted by Crippen LogP contribution is 2.37. The first kappa shape index (κ1) is 56.5. The van der Waals surface area contributed by atoms with Crippen LogP contribution in [0.3, 0.4) is 0 Å². The first-order valence-corrected chi connectivity index (χ1v) is 28.9. The molecule has 0 aliphatic rings. The number of benzene rings is 8. The van der Waals surface area contributed by atoms with Crippen LogP contribution in [-0.4, -0.2) is 0 Å². The lowest BCUT2D eigenvalue weighted by Crippen LogP contribution is -3.61. The molecule has 0 spiro atoms. The van der Waals surface area contributed by atoms with E-state index in [-0.39, 0.29) is 43.0 Å². The van der Waals surface area contributed by atoms with Crippen molar-refractivity contribution < 1.29 is 108 Å². The van der Waals surface area contributed by atoms with Gasteiger partial charge in [0, 0.05) is 22.3 Å². The summed E-state index contributed by atoms with van der Waals surface area (Å²) in [6.07, 6.45) is 0. The fourth-order valence-electron chi connectivity index (χ4n) is 6.99. The topological polar surface area (TPSA) is 277 Å². The zero-order chi connectivity index (χ0) is 51.2. The van der Waals surface area contributed by atoms with E-state index in [1.165, 1.54) is 81.0 Å². The van der Waals surface area contributed by atoms with Gasteiger partial charge in [0.05, 0.1) is 21.8 Å². The van der Waals surface area contributed by atoms with E-state index >= 15 is 0 Å². The third-order valence-corrected chi connectivity index (χ3v) is 17.8. The molecule has 8 aromatic rings. The number of rotatable bonds is 10. The van der Waals surface area contributed by atoms with Gasteiger partial charge in [-0.3, -0.25) is 0 Å². The number of aryl methyl sites for hydroxylation is 4. The Labute approximate surface area is 429 Å². The van der Waals surface area contributed by atoms with Crippen molar-refractivity contribution in [2.75, 3.05) is 0 Å². The smallest absolute Gasteiger partial charge is 0.222 e. The van der Waals surface area contributed by atoms with Gasteiger partial charge in [-0.05, 0) is 171 Å². The standard InChI is InChI=1S/C52H44IS2.3ClHO4/c1-37-13-5-9-17-49(37)54(50-18-10-6-14-38(50)2)47-33-25-43(26-34-47)41-21-29-45(30-22-41)53-46-31-23-42(24-32-46)44-27-35-48(36-28-44)55(51-19-11-7-15-39(51)3)52-20-12-8-16-40(52)4;3*2-1(3,4)5/h5-36H,1-4H3;3*(H,2,3,4,5)/q+3;;;/p-3.